The van der Waals surface area contributed by atoms with E-state index in [0.29, 0.717) is 0 Å². The summed E-state index contributed by atoms with van der Waals surface area (Å²) in [5.41, 5.74) is 3.73. The maximum absolute atomic E-state index is 5.18. The van der Waals surface area contributed by atoms with Crippen molar-refractivity contribution in [3.8, 4) is 0 Å². The molecule has 0 amide bonds. The van der Waals surface area contributed by atoms with Crippen molar-refractivity contribution in [1.29, 1.82) is 0 Å². The van der Waals surface area contributed by atoms with E-state index >= 15 is 0 Å². The van der Waals surface area contributed by atoms with Crippen LogP contribution in [0, 0.1) is 11.6 Å². The normalized spacial score (nSPS) is 10.7. The van der Waals surface area contributed by atoms with Crippen molar-refractivity contribution in [2.45, 2.75) is 20.3 Å². The lowest BCUT2D eigenvalue weighted by Gasteiger charge is -2.05. The third kappa shape index (κ3) is 1.58. The van der Waals surface area contributed by atoms with Crippen LogP contribution in [-0.4, -0.2) is 4.98 Å². The molecule has 1 N–H and O–H groups in total. The predicted octanol–water partition coefficient (Wildman–Crippen LogP) is 3.77. The van der Waals surface area contributed by atoms with E-state index in [-0.39, 0.29) is 0 Å². The summed E-state index contributed by atoms with van der Waals surface area (Å²) in [6.07, 6.45) is 1.03. The number of hydrogen-bond donors (Lipinski definition) is 1. The summed E-state index contributed by atoms with van der Waals surface area (Å²) in [6.45, 7) is 4.25. The highest BCUT2D eigenvalue weighted by Gasteiger charge is 1.99. The first-order valence-corrected chi connectivity index (χ1v) is 5.24. The Bertz CT molecular complexity index is 525. The fourth-order valence-corrected chi connectivity index (χ4v) is 1.99. The van der Waals surface area contributed by atoms with Gasteiger partial charge >= 0.3 is 0 Å². The molecule has 0 aliphatic carbocycles. The van der Waals surface area contributed by atoms with Crippen LogP contribution in [0.3, 0.4) is 0 Å². The van der Waals surface area contributed by atoms with E-state index in [0.717, 1.165) is 16.6 Å². The maximum atomic E-state index is 5.18. The molecule has 2 heteroatoms. The number of aromatic amines is 1. The second-order valence-electron chi connectivity index (χ2n) is 3.56. The van der Waals surface area contributed by atoms with Gasteiger partial charge in [0.05, 0.1) is 0 Å². The van der Waals surface area contributed by atoms with Crippen LogP contribution in [0.5, 0.6) is 0 Å². The first-order valence-electron chi connectivity index (χ1n) is 4.83. The highest BCUT2D eigenvalue weighted by atomic mass is 32.1. The molecule has 0 unspecified atom stereocenters. The third-order valence-corrected chi connectivity index (χ3v) is 2.69. The van der Waals surface area contributed by atoms with Crippen molar-refractivity contribution in [2.75, 3.05) is 0 Å². The first kappa shape index (κ1) is 9.41. The SMILES string of the molecule is CCc1cc(=S)[nH]c2cc(C)ccc12. The number of rotatable bonds is 1. The number of benzene rings is 1. The minimum absolute atomic E-state index is 0.819. The van der Waals surface area contributed by atoms with Crippen molar-refractivity contribution in [1.82, 2.24) is 4.98 Å². The van der Waals surface area contributed by atoms with Gasteiger partial charge in [-0.15, -0.1) is 0 Å². The summed E-state index contributed by atoms with van der Waals surface area (Å²) >= 11 is 5.18. The van der Waals surface area contributed by atoms with Crippen molar-refractivity contribution in [3.63, 3.8) is 0 Å². The Morgan fingerprint density at radius 3 is 2.79 bits per heavy atom. The zero-order valence-corrected chi connectivity index (χ0v) is 9.24. The minimum Gasteiger partial charge on any atom is -0.346 e. The molecule has 0 aliphatic heterocycles. The Balaban J connectivity index is 2.87. The lowest BCUT2D eigenvalue weighted by Crippen LogP contribution is -1.88. The molecular weight excluding hydrogens is 190 g/mol. The molecule has 72 valence electrons. The van der Waals surface area contributed by atoms with Crippen LogP contribution in [0.1, 0.15) is 18.1 Å². The fraction of sp³-hybridized carbons (Fsp3) is 0.250. The molecule has 0 aliphatic rings. The van der Waals surface area contributed by atoms with E-state index in [1.807, 2.05) is 6.07 Å². The largest absolute Gasteiger partial charge is 0.346 e. The number of aromatic nitrogens is 1. The number of fused-ring (bicyclic) bond motifs is 1. The van der Waals surface area contributed by atoms with E-state index in [4.69, 9.17) is 12.2 Å². The van der Waals surface area contributed by atoms with Crippen LogP contribution in [-0.2, 0) is 6.42 Å². The van der Waals surface area contributed by atoms with Crippen LogP contribution < -0.4 is 0 Å². The molecule has 0 saturated carbocycles. The van der Waals surface area contributed by atoms with E-state index in [1.54, 1.807) is 0 Å². The van der Waals surface area contributed by atoms with Gasteiger partial charge in [-0.1, -0.05) is 31.3 Å². The van der Waals surface area contributed by atoms with Gasteiger partial charge in [-0.3, -0.25) is 0 Å². The van der Waals surface area contributed by atoms with E-state index in [2.05, 4.69) is 37.0 Å². The first-order chi connectivity index (χ1) is 6.70. The number of aryl methyl sites for hydroxylation is 2. The molecule has 1 heterocycles. The molecule has 0 saturated heterocycles. The molecule has 1 aromatic carbocycles. The van der Waals surface area contributed by atoms with Crippen LogP contribution in [0.25, 0.3) is 10.9 Å². The van der Waals surface area contributed by atoms with Gasteiger partial charge in [-0.25, -0.2) is 0 Å². The highest BCUT2D eigenvalue weighted by molar-refractivity contribution is 7.71. The molecule has 0 spiro atoms. The van der Waals surface area contributed by atoms with Crippen molar-refractivity contribution < 1.29 is 0 Å². The number of pyridine rings is 1. The Morgan fingerprint density at radius 1 is 1.29 bits per heavy atom. The second kappa shape index (κ2) is 3.54. The summed E-state index contributed by atoms with van der Waals surface area (Å²) < 4.78 is 0.819. The molecule has 1 nitrogen and oxygen atoms in total. The monoisotopic (exact) mass is 203 g/mol. The van der Waals surface area contributed by atoms with Gasteiger partial charge in [0, 0.05) is 10.9 Å². The molecular formula is C12H13NS. The molecule has 1 aromatic heterocycles. The molecule has 0 bridgehead atoms. The van der Waals surface area contributed by atoms with Crippen molar-refractivity contribution in [3.05, 3.63) is 40.0 Å². The van der Waals surface area contributed by atoms with Gasteiger partial charge in [-0.05, 0) is 36.6 Å². The Morgan fingerprint density at radius 2 is 2.07 bits per heavy atom. The molecule has 0 radical (unpaired) electrons. The van der Waals surface area contributed by atoms with Gasteiger partial charge in [0.1, 0.15) is 4.64 Å². The van der Waals surface area contributed by atoms with E-state index in [9.17, 15) is 0 Å². The van der Waals surface area contributed by atoms with Gasteiger partial charge in [-0.2, -0.15) is 0 Å². The van der Waals surface area contributed by atoms with Gasteiger partial charge < -0.3 is 4.98 Å². The zero-order chi connectivity index (χ0) is 10.1. The molecule has 0 fully saturated rings. The minimum atomic E-state index is 0.819. The average molecular weight is 203 g/mol. The van der Waals surface area contributed by atoms with Gasteiger partial charge in [0.15, 0.2) is 0 Å². The Kier molecular flexibility index (Phi) is 2.38. The van der Waals surface area contributed by atoms with Crippen LogP contribution in [0.4, 0.5) is 0 Å². The van der Waals surface area contributed by atoms with Crippen molar-refractivity contribution in [2.24, 2.45) is 0 Å². The summed E-state index contributed by atoms with van der Waals surface area (Å²) in [7, 11) is 0. The smallest absolute Gasteiger partial charge is 0.103 e. The molecule has 2 rings (SSSR count). The van der Waals surface area contributed by atoms with E-state index < -0.39 is 0 Å². The molecule has 0 atom stereocenters. The van der Waals surface area contributed by atoms with E-state index in [1.165, 1.54) is 16.5 Å². The van der Waals surface area contributed by atoms with Crippen LogP contribution in [0.2, 0.25) is 0 Å². The molecule has 2 aromatic rings. The lowest BCUT2D eigenvalue weighted by molar-refractivity contribution is 1.14. The summed E-state index contributed by atoms with van der Waals surface area (Å²) in [5, 5.41) is 1.28. The molecule has 14 heavy (non-hydrogen) atoms. The number of H-pyrrole nitrogens is 1. The Hall–Kier alpha value is -1.15. The zero-order valence-electron chi connectivity index (χ0n) is 8.42. The van der Waals surface area contributed by atoms with Gasteiger partial charge in [0.25, 0.3) is 0 Å². The Labute approximate surface area is 88.8 Å². The topological polar surface area (TPSA) is 15.8 Å². The number of hydrogen-bond acceptors (Lipinski definition) is 1. The summed E-state index contributed by atoms with van der Waals surface area (Å²) in [6, 6.07) is 8.49. The van der Waals surface area contributed by atoms with Crippen LogP contribution in [0.15, 0.2) is 24.3 Å². The summed E-state index contributed by atoms with van der Waals surface area (Å²) in [5.74, 6) is 0. The highest BCUT2D eigenvalue weighted by Crippen LogP contribution is 2.18. The average Bonchev–Trinajstić information content (AvgIpc) is 2.15. The van der Waals surface area contributed by atoms with Gasteiger partial charge in [0.2, 0.25) is 0 Å². The lowest BCUT2D eigenvalue weighted by atomic mass is 10.1. The quantitative estimate of drug-likeness (QED) is 0.698. The number of nitrogens with one attached hydrogen (secondary N) is 1. The summed E-state index contributed by atoms with van der Waals surface area (Å²) in [4.78, 5) is 3.22. The third-order valence-electron chi connectivity index (χ3n) is 2.47. The van der Waals surface area contributed by atoms with Crippen molar-refractivity contribution >= 4 is 23.1 Å². The van der Waals surface area contributed by atoms with Crippen LogP contribution >= 0.6 is 12.2 Å². The standard InChI is InChI=1S/C12H13NS/c1-3-9-7-12(14)13-11-6-8(2)4-5-10(9)11/h4-7H,3H2,1-2H3,(H,13,14). The second-order valence-corrected chi connectivity index (χ2v) is 4.00. The predicted molar refractivity (Wildman–Crippen MR) is 63.2 cm³/mol. The maximum Gasteiger partial charge on any atom is 0.103 e. The fourth-order valence-electron chi connectivity index (χ4n) is 1.74.